The minimum Gasteiger partial charge on any atom is -0.494 e. The van der Waals surface area contributed by atoms with Crippen LogP contribution in [0.2, 0.25) is 0 Å². The molecule has 148 valence electrons. The van der Waals surface area contributed by atoms with Crippen molar-refractivity contribution in [3.8, 4) is 5.75 Å². The number of nitrogens with zero attached hydrogens (tertiary/aromatic N) is 3. The van der Waals surface area contributed by atoms with Gasteiger partial charge in [-0.15, -0.1) is 24.0 Å². The Balaban J connectivity index is 0.00000338. The minimum atomic E-state index is 0. The number of piperazine rings is 1. The van der Waals surface area contributed by atoms with Crippen LogP contribution in [0.5, 0.6) is 5.75 Å². The summed E-state index contributed by atoms with van der Waals surface area (Å²) < 4.78 is 5.68. The summed E-state index contributed by atoms with van der Waals surface area (Å²) in [5, 5.41) is 6.82. The van der Waals surface area contributed by atoms with Gasteiger partial charge in [-0.25, -0.2) is 0 Å². The van der Waals surface area contributed by atoms with Crippen LogP contribution in [0.15, 0.2) is 29.3 Å². The minimum absolute atomic E-state index is 0. The van der Waals surface area contributed by atoms with Gasteiger partial charge in [0.25, 0.3) is 0 Å². The molecule has 0 saturated carbocycles. The van der Waals surface area contributed by atoms with Crippen LogP contribution in [0.3, 0.4) is 0 Å². The SMILES string of the molecule is CCOc1ccccc1CNC(=NC)NCC(C)N1CCN(C)CC1.I. The van der Waals surface area contributed by atoms with Crippen molar-refractivity contribution in [1.29, 1.82) is 0 Å². The molecule has 0 amide bonds. The Morgan fingerprint density at radius 2 is 1.88 bits per heavy atom. The first-order valence-electron chi connectivity index (χ1n) is 9.21. The molecular formula is C19H34IN5O. The Labute approximate surface area is 175 Å². The van der Waals surface area contributed by atoms with Gasteiger partial charge in [-0.3, -0.25) is 9.89 Å². The number of guanidine groups is 1. The molecule has 6 nitrogen and oxygen atoms in total. The highest BCUT2D eigenvalue weighted by molar-refractivity contribution is 14.0. The molecule has 1 fully saturated rings. The van der Waals surface area contributed by atoms with Gasteiger partial charge < -0.3 is 20.3 Å². The maximum Gasteiger partial charge on any atom is 0.191 e. The molecular weight excluding hydrogens is 441 g/mol. The van der Waals surface area contributed by atoms with Crippen molar-refractivity contribution in [3.05, 3.63) is 29.8 Å². The van der Waals surface area contributed by atoms with E-state index in [1.165, 1.54) is 0 Å². The van der Waals surface area contributed by atoms with Gasteiger partial charge in [0.1, 0.15) is 5.75 Å². The smallest absolute Gasteiger partial charge is 0.191 e. The van der Waals surface area contributed by atoms with E-state index in [9.17, 15) is 0 Å². The standard InChI is InChI=1S/C19H33N5O.HI/c1-5-25-18-9-7-6-8-17(18)15-22-19(20-3)21-14-16(2)24-12-10-23(4)11-13-24;/h6-9,16H,5,10-15H2,1-4H3,(H2,20,21,22);1H. The van der Waals surface area contributed by atoms with Crippen LogP contribution in [-0.4, -0.2) is 75.2 Å². The number of para-hydroxylation sites is 1. The van der Waals surface area contributed by atoms with E-state index < -0.39 is 0 Å². The monoisotopic (exact) mass is 475 g/mol. The predicted molar refractivity (Wildman–Crippen MR) is 120 cm³/mol. The second kappa shape index (κ2) is 12.3. The lowest BCUT2D eigenvalue weighted by Gasteiger charge is -2.36. The Morgan fingerprint density at radius 1 is 1.19 bits per heavy atom. The second-order valence-electron chi connectivity index (χ2n) is 6.54. The van der Waals surface area contributed by atoms with Crippen molar-refractivity contribution in [2.24, 2.45) is 4.99 Å². The van der Waals surface area contributed by atoms with Gasteiger partial charge in [0.15, 0.2) is 5.96 Å². The van der Waals surface area contributed by atoms with Crippen molar-refractivity contribution < 1.29 is 4.74 Å². The molecule has 1 aliphatic rings. The number of aliphatic imine (C=N–C) groups is 1. The number of hydrogen-bond acceptors (Lipinski definition) is 4. The summed E-state index contributed by atoms with van der Waals surface area (Å²) >= 11 is 0. The van der Waals surface area contributed by atoms with E-state index in [2.05, 4.69) is 45.5 Å². The number of halogens is 1. The molecule has 0 aliphatic carbocycles. The first-order valence-corrected chi connectivity index (χ1v) is 9.21. The molecule has 1 unspecified atom stereocenters. The summed E-state index contributed by atoms with van der Waals surface area (Å²) in [5.41, 5.74) is 1.14. The Hall–Kier alpha value is -1.06. The third-order valence-corrected chi connectivity index (χ3v) is 4.67. The molecule has 1 aromatic carbocycles. The molecule has 0 radical (unpaired) electrons. The third kappa shape index (κ3) is 7.28. The van der Waals surface area contributed by atoms with E-state index in [0.29, 0.717) is 19.2 Å². The summed E-state index contributed by atoms with van der Waals surface area (Å²) in [4.78, 5) is 9.25. The van der Waals surface area contributed by atoms with Crippen molar-refractivity contribution in [1.82, 2.24) is 20.4 Å². The van der Waals surface area contributed by atoms with Gasteiger partial charge in [0.05, 0.1) is 6.61 Å². The number of hydrogen-bond donors (Lipinski definition) is 2. The summed E-state index contributed by atoms with van der Waals surface area (Å²) in [6.07, 6.45) is 0. The lowest BCUT2D eigenvalue weighted by atomic mass is 10.2. The fraction of sp³-hybridized carbons (Fsp3) is 0.632. The molecule has 26 heavy (non-hydrogen) atoms. The Morgan fingerprint density at radius 3 is 2.54 bits per heavy atom. The summed E-state index contributed by atoms with van der Waals surface area (Å²) in [6, 6.07) is 8.61. The molecule has 2 rings (SSSR count). The molecule has 1 atom stereocenters. The van der Waals surface area contributed by atoms with Gasteiger partial charge in [0.2, 0.25) is 0 Å². The average molecular weight is 475 g/mol. The topological polar surface area (TPSA) is 52.1 Å². The zero-order valence-corrected chi connectivity index (χ0v) is 18.8. The lowest BCUT2D eigenvalue weighted by molar-refractivity contribution is 0.120. The maximum absolute atomic E-state index is 5.68. The van der Waals surface area contributed by atoms with Gasteiger partial charge in [-0.2, -0.15) is 0 Å². The van der Waals surface area contributed by atoms with Crippen LogP contribution in [0.1, 0.15) is 19.4 Å². The molecule has 1 heterocycles. The summed E-state index contributed by atoms with van der Waals surface area (Å²) in [7, 11) is 4.00. The largest absolute Gasteiger partial charge is 0.494 e. The van der Waals surface area contributed by atoms with E-state index in [-0.39, 0.29) is 24.0 Å². The van der Waals surface area contributed by atoms with Crippen LogP contribution >= 0.6 is 24.0 Å². The van der Waals surface area contributed by atoms with Gasteiger partial charge in [0, 0.05) is 57.9 Å². The van der Waals surface area contributed by atoms with Crippen molar-refractivity contribution in [2.75, 3.05) is 53.4 Å². The quantitative estimate of drug-likeness (QED) is 0.359. The number of benzene rings is 1. The third-order valence-electron chi connectivity index (χ3n) is 4.67. The maximum atomic E-state index is 5.68. The zero-order valence-electron chi connectivity index (χ0n) is 16.5. The van der Waals surface area contributed by atoms with E-state index in [1.807, 2.05) is 32.2 Å². The van der Waals surface area contributed by atoms with Crippen LogP contribution in [-0.2, 0) is 6.54 Å². The highest BCUT2D eigenvalue weighted by Gasteiger charge is 2.19. The number of nitrogens with one attached hydrogen (secondary N) is 2. The number of rotatable bonds is 7. The molecule has 0 spiro atoms. The highest BCUT2D eigenvalue weighted by Crippen LogP contribution is 2.17. The first-order chi connectivity index (χ1) is 12.1. The van der Waals surface area contributed by atoms with E-state index in [4.69, 9.17) is 4.74 Å². The normalized spacial score (nSPS) is 17.3. The van der Waals surface area contributed by atoms with Gasteiger partial charge in [-0.05, 0) is 27.0 Å². The van der Waals surface area contributed by atoms with Gasteiger partial charge >= 0.3 is 0 Å². The fourth-order valence-corrected chi connectivity index (χ4v) is 2.98. The van der Waals surface area contributed by atoms with Crippen molar-refractivity contribution in [2.45, 2.75) is 26.4 Å². The van der Waals surface area contributed by atoms with Crippen molar-refractivity contribution in [3.63, 3.8) is 0 Å². The van der Waals surface area contributed by atoms with Crippen molar-refractivity contribution >= 4 is 29.9 Å². The van der Waals surface area contributed by atoms with Crippen LogP contribution in [0.25, 0.3) is 0 Å². The predicted octanol–water partition coefficient (Wildman–Crippen LogP) is 2.00. The molecule has 0 bridgehead atoms. The Bertz CT molecular complexity index is 546. The molecule has 0 aromatic heterocycles. The molecule has 1 aliphatic heterocycles. The van der Waals surface area contributed by atoms with Crippen LogP contribution in [0, 0.1) is 0 Å². The summed E-state index contributed by atoms with van der Waals surface area (Å²) in [6.45, 7) is 11.1. The first kappa shape index (κ1) is 23.0. The highest BCUT2D eigenvalue weighted by atomic mass is 127. The number of ether oxygens (including phenoxy) is 1. The Kier molecular flexibility index (Phi) is 10.9. The fourth-order valence-electron chi connectivity index (χ4n) is 2.98. The lowest BCUT2D eigenvalue weighted by Crippen LogP contribution is -2.52. The molecule has 1 aromatic rings. The van der Waals surface area contributed by atoms with Crippen LogP contribution < -0.4 is 15.4 Å². The summed E-state index contributed by atoms with van der Waals surface area (Å²) in [5.74, 6) is 1.76. The average Bonchev–Trinajstić information content (AvgIpc) is 2.63. The molecule has 7 heteroatoms. The second-order valence-corrected chi connectivity index (χ2v) is 6.54. The molecule has 1 saturated heterocycles. The van der Waals surface area contributed by atoms with E-state index >= 15 is 0 Å². The van der Waals surface area contributed by atoms with E-state index in [1.54, 1.807) is 0 Å². The van der Waals surface area contributed by atoms with E-state index in [0.717, 1.165) is 50.0 Å². The zero-order chi connectivity index (χ0) is 18.1. The number of likely N-dealkylation sites (N-methyl/N-ethyl adjacent to an activating group) is 1. The van der Waals surface area contributed by atoms with Gasteiger partial charge in [-0.1, -0.05) is 18.2 Å². The van der Waals surface area contributed by atoms with Crippen LogP contribution in [0.4, 0.5) is 0 Å². The molecule has 2 N–H and O–H groups in total.